The van der Waals surface area contributed by atoms with Gasteiger partial charge in [0.25, 0.3) is 0 Å². The van der Waals surface area contributed by atoms with Crippen LogP contribution < -0.4 is 16.1 Å². The Hall–Kier alpha value is -4.18. The van der Waals surface area contributed by atoms with Crippen LogP contribution in [0, 0.1) is 17.5 Å². The van der Waals surface area contributed by atoms with E-state index in [1.807, 2.05) is 12.1 Å². The van der Waals surface area contributed by atoms with Gasteiger partial charge >= 0.3 is 0 Å². The topological polar surface area (TPSA) is 92.8 Å². The standard InChI is InChI=1S/C25H19F3N6O/c26-13-5-6-21(17(27)9-13)34-12-16(23-30-19-3-1-2-4-20(19)31-23)22(35)15-10-18(28)25(32-24(15)34)33-8-7-14(29)11-33/h1-6,9-10,12,14H,7-8,11,29H2,(H,30,31). The van der Waals surface area contributed by atoms with Crippen molar-refractivity contribution in [1.29, 1.82) is 0 Å². The summed E-state index contributed by atoms with van der Waals surface area (Å²) in [6.45, 7) is 0.907. The Morgan fingerprint density at radius 1 is 1.03 bits per heavy atom. The molecule has 3 aromatic heterocycles. The molecule has 3 N–H and O–H groups in total. The zero-order valence-electron chi connectivity index (χ0n) is 18.3. The van der Waals surface area contributed by atoms with Crippen molar-refractivity contribution in [3.05, 3.63) is 82.4 Å². The van der Waals surface area contributed by atoms with Crippen LogP contribution in [-0.4, -0.2) is 38.7 Å². The average molecular weight is 476 g/mol. The molecule has 1 atom stereocenters. The maximum absolute atomic E-state index is 15.2. The predicted molar refractivity (Wildman–Crippen MR) is 127 cm³/mol. The normalized spacial score (nSPS) is 16.0. The number of fused-ring (bicyclic) bond motifs is 2. The molecule has 6 rings (SSSR count). The van der Waals surface area contributed by atoms with E-state index in [1.54, 1.807) is 17.0 Å². The molecule has 4 heterocycles. The number of aromatic amines is 1. The first-order chi connectivity index (χ1) is 16.9. The molecule has 7 nitrogen and oxygen atoms in total. The number of halogens is 3. The fourth-order valence-electron chi connectivity index (χ4n) is 4.53. The summed E-state index contributed by atoms with van der Waals surface area (Å²) in [5, 5.41) is -0.0589. The van der Waals surface area contributed by atoms with Gasteiger partial charge in [-0.15, -0.1) is 0 Å². The van der Waals surface area contributed by atoms with Crippen LogP contribution in [0.2, 0.25) is 0 Å². The quantitative estimate of drug-likeness (QED) is 0.412. The predicted octanol–water partition coefficient (Wildman–Crippen LogP) is 3.88. The van der Waals surface area contributed by atoms with Gasteiger partial charge in [0, 0.05) is 31.4 Å². The van der Waals surface area contributed by atoms with Crippen LogP contribution in [0.4, 0.5) is 19.0 Å². The Kier molecular flexibility index (Phi) is 4.85. The van der Waals surface area contributed by atoms with E-state index < -0.39 is 22.9 Å². The first-order valence-corrected chi connectivity index (χ1v) is 11.1. The van der Waals surface area contributed by atoms with Crippen molar-refractivity contribution in [1.82, 2.24) is 19.5 Å². The van der Waals surface area contributed by atoms with Gasteiger partial charge in [-0.05, 0) is 36.8 Å². The molecule has 0 radical (unpaired) electrons. The van der Waals surface area contributed by atoms with Crippen LogP contribution >= 0.6 is 0 Å². The highest BCUT2D eigenvalue weighted by atomic mass is 19.1. The first-order valence-electron chi connectivity index (χ1n) is 11.1. The summed E-state index contributed by atoms with van der Waals surface area (Å²) in [7, 11) is 0. The van der Waals surface area contributed by atoms with Crippen molar-refractivity contribution in [2.75, 3.05) is 18.0 Å². The lowest BCUT2D eigenvalue weighted by atomic mass is 10.1. The van der Waals surface area contributed by atoms with Crippen LogP contribution in [-0.2, 0) is 0 Å². The molecule has 1 aliphatic heterocycles. The van der Waals surface area contributed by atoms with Crippen molar-refractivity contribution in [2.45, 2.75) is 12.5 Å². The van der Waals surface area contributed by atoms with E-state index in [1.165, 1.54) is 16.8 Å². The van der Waals surface area contributed by atoms with Gasteiger partial charge in [0.1, 0.15) is 17.5 Å². The molecule has 0 bridgehead atoms. The fraction of sp³-hybridized carbons (Fsp3) is 0.160. The van der Waals surface area contributed by atoms with Gasteiger partial charge in [0.2, 0.25) is 5.43 Å². The van der Waals surface area contributed by atoms with Gasteiger partial charge in [-0.1, -0.05) is 12.1 Å². The number of imidazole rings is 1. The zero-order valence-corrected chi connectivity index (χ0v) is 18.3. The van der Waals surface area contributed by atoms with E-state index in [2.05, 4.69) is 15.0 Å². The van der Waals surface area contributed by atoms with Crippen molar-refractivity contribution < 1.29 is 13.2 Å². The second kappa shape index (κ2) is 7.95. The number of benzene rings is 2. The van der Waals surface area contributed by atoms with Crippen LogP contribution in [0.3, 0.4) is 0 Å². The number of nitrogens with two attached hydrogens (primary N) is 1. The average Bonchev–Trinajstić information content (AvgIpc) is 3.46. The number of anilines is 1. The highest BCUT2D eigenvalue weighted by Gasteiger charge is 2.26. The molecule has 1 saturated heterocycles. The van der Waals surface area contributed by atoms with Crippen LogP contribution in [0.15, 0.2) is 59.5 Å². The Bertz CT molecular complexity index is 1650. The molecule has 2 aromatic carbocycles. The number of nitrogens with one attached hydrogen (secondary N) is 1. The first kappa shape index (κ1) is 21.4. The Labute approximate surface area is 196 Å². The maximum atomic E-state index is 15.2. The molecule has 35 heavy (non-hydrogen) atoms. The van der Waals surface area contributed by atoms with E-state index >= 15 is 4.39 Å². The summed E-state index contributed by atoms with van der Waals surface area (Å²) in [6.07, 6.45) is 2.06. The molecule has 176 valence electrons. The minimum atomic E-state index is -0.860. The minimum absolute atomic E-state index is 0.0256. The molecule has 0 amide bonds. The van der Waals surface area contributed by atoms with E-state index in [4.69, 9.17) is 5.73 Å². The number of para-hydroxylation sites is 2. The second-order valence-corrected chi connectivity index (χ2v) is 8.60. The highest BCUT2D eigenvalue weighted by Crippen LogP contribution is 2.28. The number of rotatable bonds is 3. The van der Waals surface area contributed by atoms with Crippen LogP contribution in [0.5, 0.6) is 0 Å². The van der Waals surface area contributed by atoms with Crippen molar-refractivity contribution in [3.8, 4) is 17.1 Å². The van der Waals surface area contributed by atoms with E-state index in [9.17, 15) is 13.6 Å². The zero-order chi connectivity index (χ0) is 24.3. The molecule has 1 unspecified atom stereocenters. The number of aromatic nitrogens is 4. The monoisotopic (exact) mass is 476 g/mol. The molecule has 1 aliphatic rings. The summed E-state index contributed by atoms with van der Waals surface area (Å²) in [4.78, 5) is 27.2. The number of pyridine rings is 2. The number of hydrogen-bond donors (Lipinski definition) is 2. The minimum Gasteiger partial charge on any atom is -0.353 e. The smallest absolute Gasteiger partial charge is 0.202 e. The van der Waals surface area contributed by atoms with Gasteiger partial charge < -0.3 is 15.6 Å². The number of nitrogens with zero attached hydrogens (tertiary/aromatic N) is 4. The van der Waals surface area contributed by atoms with Gasteiger partial charge in [-0.2, -0.15) is 0 Å². The number of hydrogen-bond acceptors (Lipinski definition) is 5. The highest BCUT2D eigenvalue weighted by molar-refractivity contribution is 5.85. The number of H-pyrrole nitrogens is 1. The van der Waals surface area contributed by atoms with E-state index in [0.717, 1.165) is 18.2 Å². The molecule has 1 fully saturated rings. The Morgan fingerprint density at radius 2 is 1.86 bits per heavy atom. The molecule has 0 spiro atoms. The van der Waals surface area contributed by atoms with Crippen LogP contribution in [0.25, 0.3) is 39.1 Å². The summed E-state index contributed by atoms with van der Waals surface area (Å²) in [6, 6.07) is 11.3. The van der Waals surface area contributed by atoms with Crippen molar-refractivity contribution in [2.24, 2.45) is 5.73 Å². The van der Waals surface area contributed by atoms with Crippen molar-refractivity contribution in [3.63, 3.8) is 0 Å². The third-order valence-corrected chi connectivity index (χ3v) is 6.25. The van der Waals surface area contributed by atoms with Gasteiger partial charge in [0.05, 0.1) is 27.7 Å². The largest absolute Gasteiger partial charge is 0.353 e. The Morgan fingerprint density at radius 3 is 2.60 bits per heavy atom. The maximum Gasteiger partial charge on any atom is 0.202 e. The molecule has 0 saturated carbocycles. The van der Waals surface area contributed by atoms with Gasteiger partial charge in [-0.25, -0.2) is 23.1 Å². The lowest BCUT2D eigenvalue weighted by molar-refractivity contribution is 0.578. The molecular formula is C25H19F3N6O. The SMILES string of the molecule is NC1CCN(c2nc3c(cc2F)c(=O)c(-c2nc4ccccc4[nH]2)cn3-c2ccc(F)cc2F)C1. The van der Waals surface area contributed by atoms with Gasteiger partial charge in [-0.3, -0.25) is 9.36 Å². The van der Waals surface area contributed by atoms with E-state index in [-0.39, 0.29) is 40.0 Å². The summed E-state index contributed by atoms with van der Waals surface area (Å²) in [5.41, 5.74) is 6.88. The lowest BCUT2D eigenvalue weighted by Crippen LogP contribution is -2.28. The molecule has 5 aromatic rings. The summed E-state index contributed by atoms with van der Waals surface area (Å²) >= 11 is 0. The second-order valence-electron chi connectivity index (χ2n) is 8.60. The molecule has 10 heteroatoms. The summed E-state index contributed by atoms with van der Waals surface area (Å²) in [5.74, 6) is -2.03. The third kappa shape index (κ3) is 3.53. The Balaban J connectivity index is 1.66. The molecule has 0 aliphatic carbocycles. The van der Waals surface area contributed by atoms with E-state index in [0.29, 0.717) is 30.5 Å². The fourth-order valence-corrected chi connectivity index (χ4v) is 4.53. The van der Waals surface area contributed by atoms with Gasteiger partial charge in [0.15, 0.2) is 17.3 Å². The third-order valence-electron chi connectivity index (χ3n) is 6.25. The van der Waals surface area contributed by atoms with Crippen molar-refractivity contribution >= 4 is 27.9 Å². The summed E-state index contributed by atoms with van der Waals surface area (Å²) < 4.78 is 45.1. The lowest BCUT2D eigenvalue weighted by Gasteiger charge is -2.20. The van der Waals surface area contributed by atoms with Crippen LogP contribution in [0.1, 0.15) is 6.42 Å². The molecular weight excluding hydrogens is 457 g/mol.